The number of H-pyrrole nitrogens is 1. The molecule has 0 aliphatic carbocycles. The molecule has 0 fully saturated rings. The molecule has 0 saturated carbocycles. The average molecular weight is 2100 g/mol. The van der Waals surface area contributed by atoms with Crippen LogP contribution in [-0.2, 0) is 82.3 Å². The summed E-state index contributed by atoms with van der Waals surface area (Å²) in [6, 6.07) is 74.3. The summed E-state index contributed by atoms with van der Waals surface area (Å²) in [5.41, 5.74) is 28.6. The van der Waals surface area contributed by atoms with E-state index in [2.05, 4.69) is 95.0 Å². The number of carboxylic acid groups (broad SMARTS) is 1. The molecule has 2 amide bonds. The fourth-order valence-electron chi connectivity index (χ4n) is 14.1. The van der Waals surface area contributed by atoms with E-state index in [4.69, 9.17) is 58.8 Å². The van der Waals surface area contributed by atoms with Crippen LogP contribution in [0, 0.1) is 55.9 Å². The SMILES string of the molecule is CCCCC(=O)Cl.CCCCC(=O)N(Cc1ccc(-c2ccccc2-c2nn[nH]n2)cc1)[C@H](C(=O)O)C(C)C.COC(=O)[C@@H](N)C(C)C.COC(=O)[C@@H](N)C(C)C.Cl.Cl.[C-]#[N+]c1ccccc1-c1ccc(C=O)cc1.[C-]#[N+]c1ccccc1-c1ccc(CBr)cc1.[C-]#[N+]c1ccccc1-c1ccc(CN(C(=O)CCCC)[C@H](C(=O)OC)C(C)C)cc1.[C-]#[N+]c1ccccc1-c1ccc(CN[C@H](C(=O)OC)C(C)C)cc1. The van der Waals surface area contributed by atoms with Crippen LogP contribution in [0.15, 0.2) is 243 Å². The Kier molecular flexibility index (Phi) is 61.3. The lowest BCUT2D eigenvalue weighted by atomic mass is 9.97. The number of methoxy groups -OCH3 is 4. The summed E-state index contributed by atoms with van der Waals surface area (Å²) in [6.45, 7) is 55.1. The van der Waals surface area contributed by atoms with Gasteiger partial charge in [0, 0.05) is 55.4 Å². The molecule has 1 aromatic heterocycles. The summed E-state index contributed by atoms with van der Waals surface area (Å²) in [5.74, 6) is -1.75. The highest BCUT2D eigenvalue weighted by Crippen LogP contribution is 2.36. The molecule has 145 heavy (non-hydrogen) atoms. The molecule has 0 bridgehead atoms. The van der Waals surface area contributed by atoms with E-state index in [1.165, 1.54) is 38.9 Å². The highest BCUT2D eigenvalue weighted by Gasteiger charge is 2.35. The Labute approximate surface area is 880 Å². The van der Waals surface area contributed by atoms with Crippen LogP contribution in [0.25, 0.3) is 86.4 Å². The second-order valence-electron chi connectivity index (χ2n) is 34.6. The zero-order chi connectivity index (χ0) is 106. The van der Waals surface area contributed by atoms with Gasteiger partial charge in [-0.05, 0) is 144 Å². The third-order valence-electron chi connectivity index (χ3n) is 22.4. The molecule has 27 nitrogen and oxygen atoms in total. The Morgan fingerprint density at radius 2 is 0.731 bits per heavy atom. The second-order valence-corrected chi connectivity index (χ2v) is 35.6. The molecule has 0 aliphatic heterocycles. The molecule has 0 aliphatic rings. The van der Waals surface area contributed by atoms with Crippen molar-refractivity contribution in [1.82, 2.24) is 35.7 Å². The number of esters is 4. The molecular formula is C114H137BrCl3N13O14. The molecule has 0 spiro atoms. The first-order valence-corrected chi connectivity index (χ1v) is 48.8. The van der Waals surface area contributed by atoms with E-state index in [0.29, 0.717) is 66.5 Å². The number of benzene rings is 10. The fraction of sp³-hybridized carbons (Fsp3) is 0.351. The summed E-state index contributed by atoms with van der Waals surface area (Å²) < 4.78 is 18.6. The highest BCUT2D eigenvalue weighted by atomic mass is 79.9. The van der Waals surface area contributed by atoms with Crippen LogP contribution in [0.2, 0.25) is 0 Å². The average Bonchev–Trinajstić information content (AvgIpc) is 1.80. The number of ether oxygens (including phenoxy) is 4. The van der Waals surface area contributed by atoms with Crippen LogP contribution in [0.5, 0.6) is 0 Å². The first kappa shape index (κ1) is 127. The molecule has 770 valence electrons. The van der Waals surface area contributed by atoms with Gasteiger partial charge in [0.05, 0.1) is 54.7 Å². The predicted molar refractivity (Wildman–Crippen MR) is 585 cm³/mol. The van der Waals surface area contributed by atoms with Gasteiger partial charge >= 0.3 is 29.8 Å². The third kappa shape index (κ3) is 42.9. The molecule has 5 atom stereocenters. The lowest BCUT2D eigenvalue weighted by molar-refractivity contribution is -0.155. The van der Waals surface area contributed by atoms with Crippen molar-refractivity contribution in [3.05, 3.63) is 316 Å². The van der Waals surface area contributed by atoms with Gasteiger partial charge in [0.15, 0.2) is 22.7 Å². The second kappa shape index (κ2) is 69.9. The van der Waals surface area contributed by atoms with Crippen molar-refractivity contribution < 1.29 is 67.2 Å². The van der Waals surface area contributed by atoms with Crippen LogP contribution in [0.1, 0.15) is 180 Å². The first-order chi connectivity index (χ1) is 68.5. The van der Waals surface area contributed by atoms with Gasteiger partial charge < -0.3 is 50.6 Å². The number of carboxylic acids is 1. The molecule has 10 aromatic carbocycles. The van der Waals surface area contributed by atoms with Gasteiger partial charge in [-0.25, -0.2) is 29.0 Å². The lowest BCUT2D eigenvalue weighted by Gasteiger charge is -2.32. The summed E-state index contributed by atoms with van der Waals surface area (Å²) in [4.78, 5) is 121. The number of carbonyl (C=O) groups excluding carboxylic acids is 8. The molecule has 7 N–H and O–H groups in total. The number of aliphatic carboxylic acids is 1. The van der Waals surface area contributed by atoms with Crippen molar-refractivity contribution in [2.24, 2.45) is 41.1 Å². The number of amides is 2. The highest BCUT2D eigenvalue weighted by molar-refractivity contribution is 9.08. The zero-order valence-electron chi connectivity index (χ0n) is 85.6. The van der Waals surface area contributed by atoms with Gasteiger partial charge in [-0.1, -0.05) is 368 Å². The third-order valence-corrected chi connectivity index (χ3v) is 23.2. The van der Waals surface area contributed by atoms with Gasteiger partial charge in [0.1, 0.15) is 36.5 Å². The van der Waals surface area contributed by atoms with Gasteiger partial charge in [-0.2, -0.15) is 5.21 Å². The Hall–Kier alpha value is -13.9. The lowest BCUT2D eigenvalue weighted by Crippen LogP contribution is -2.48. The molecule has 31 heteroatoms. The fourth-order valence-corrected chi connectivity index (χ4v) is 14.6. The van der Waals surface area contributed by atoms with Gasteiger partial charge in [0.25, 0.3) is 0 Å². The summed E-state index contributed by atoms with van der Waals surface area (Å²) in [5, 5.41) is 27.9. The van der Waals surface area contributed by atoms with Gasteiger partial charge in [-0.15, -0.1) is 35.0 Å². The van der Waals surface area contributed by atoms with E-state index >= 15 is 0 Å². The van der Waals surface area contributed by atoms with Crippen molar-refractivity contribution >= 4 is 128 Å². The van der Waals surface area contributed by atoms with Crippen molar-refractivity contribution in [3.8, 4) is 67.0 Å². The maximum Gasteiger partial charge on any atom is 0.328 e. The van der Waals surface area contributed by atoms with E-state index in [-0.39, 0.29) is 102 Å². The van der Waals surface area contributed by atoms with E-state index < -0.39 is 36.1 Å². The number of hydrogen-bond acceptors (Lipinski definition) is 19. The van der Waals surface area contributed by atoms with Crippen LogP contribution >= 0.6 is 52.3 Å². The minimum absolute atomic E-state index is 0. The van der Waals surface area contributed by atoms with Gasteiger partial charge in [-0.3, -0.25) is 33.6 Å². The standard InChI is InChI=1S/C25H30N2O3.C24H29N5O3.C20H22N2O2.C14H10BrN.C14H9NO.2C6H13NO2.C5H9ClO.2ClH/c1-6-7-12-23(28)27(24(18(2)3)25(29)30-5)17-19-13-15-20(16-14-19)21-10-8-9-11-22(21)26-4;1-4-5-10-21(30)29(22(16(2)3)24(31)32)15-17-11-13-18(14-12-17)19-8-6-7-9-20(19)23-25-27-28-26-23;1-14(2)19(20(23)24-4)22-13-15-9-11-16(12-10-15)17-7-5-6-8-18(17)21-3;1-16-14-5-3-2-4-13(14)12-8-6-11(10-15)7-9-12;1-15-14-5-3-2-4-13(14)12-8-6-11(10-16)7-9-12;2*1-4(2)5(7)6(8)9-3;1-2-3-4-5(6)7;;/h8-11,13-16,18,24H,6-7,12,17H2,1-3,5H3;6-9,11-14,16,22H,4-5,10,15H2,1-3H3,(H,31,32)(H,25,26,27,28);5-12,14,19,22H,13H2,1-2,4H3;2-9H,10H2;2-10H;2*4-5H,7H2,1-3H3;2-4H2,1H3;2*1H/t24-;22-;19-;;;2*5-;;;/m000..00.../s1. The Balaban J connectivity index is 0.000000585. The van der Waals surface area contributed by atoms with Crippen LogP contribution in [0.4, 0.5) is 22.7 Å². The van der Waals surface area contributed by atoms with Crippen LogP contribution in [-0.4, -0.2) is 147 Å². The molecule has 0 unspecified atom stereocenters. The maximum absolute atomic E-state index is 12.9. The number of aromatic amines is 1. The summed E-state index contributed by atoms with van der Waals surface area (Å²) in [6.07, 6.45) is 7.38. The van der Waals surface area contributed by atoms with Crippen LogP contribution < -0.4 is 16.8 Å². The van der Waals surface area contributed by atoms with E-state index in [0.717, 1.165) is 128 Å². The molecule has 11 rings (SSSR count). The number of unbranched alkanes of at least 4 members (excludes halogenated alkanes) is 3. The number of hydrogen-bond donors (Lipinski definition) is 5. The quantitative estimate of drug-likeness (QED) is 0.00608. The largest absolute Gasteiger partial charge is 0.480 e. The topological polar surface area (TPSA) is 353 Å². The predicted octanol–water partition coefficient (Wildman–Crippen LogP) is 25.6. The number of nitrogens with two attached hydrogens (primary N) is 2. The Morgan fingerprint density at radius 1 is 0.421 bits per heavy atom. The molecule has 11 aromatic rings. The van der Waals surface area contributed by atoms with E-state index in [9.17, 15) is 48.3 Å². The number of nitrogens with one attached hydrogen (secondary N) is 2. The smallest absolute Gasteiger partial charge is 0.328 e. The number of para-hydroxylation sites is 4. The van der Waals surface area contributed by atoms with Crippen molar-refractivity contribution in [2.45, 2.75) is 203 Å². The Morgan fingerprint density at radius 3 is 1.01 bits per heavy atom. The summed E-state index contributed by atoms with van der Waals surface area (Å²) in [7, 11) is 5.44. The molecule has 0 radical (unpaired) electrons. The number of aromatic nitrogens is 4. The van der Waals surface area contributed by atoms with Gasteiger partial charge in [0.2, 0.25) is 22.9 Å². The minimum Gasteiger partial charge on any atom is -0.480 e. The minimum atomic E-state index is -0.976. The van der Waals surface area contributed by atoms with Crippen molar-refractivity contribution in [3.63, 3.8) is 0 Å². The summed E-state index contributed by atoms with van der Waals surface area (Å²) >= 11 is 8.44. The molecular weight excluding hydrogens is 1960 g/mol. The van der Waals surface area contributed by atoms with E-state index in [1.54, 1.807) is 29.2 Å². The number of carbonyl (C=O) groups is 9. The number of tetrazole rings is 1. The monoisotopic (exact) mass is 2100 g/mol. The van der Waals surface area contributed by atoms with E-state index in [1.807, 2.05) is 284 Å². The molecule has 1 heterocycles. The first-order valence-electron chi connectivity index (χ1n) is 47.3. The van der Waals surface area contributed by atoms with Crippen molar-refractivity contribution in [2.75, 3.05) is 28.4 Å². The number of halogens is 4. The maximum atomic E-state index is 12.9. The number of aldehydes is 1. The number of rotatable bonds is 36. The van der Waals surface area contributed by atoms with Crippen molar-refractivity contribution in [1.29, 1.82) is 0 Å². The van der Waals surface area contributed by atoms with Crippen LogP contribution in [0.3, 0.4) is 0 Å². The number of nitrogens with zero attached hydrogens (tertiary/aromatic N) is 9. The normalized spacial score (nSPS) is 11.2. The number of alkyl halides is 1. The Bertz CT molecular complexity index is 5940. The molecule has 0 saturated heterocycles. The zero-order valence-corrected chi connectivity index (χ0v) is 89.6.